The number of halogens is 1. The van der Waals surface area contributed by atoms with Gasteiger partial charge >= 0.3 is 0 Å². The predicted molar refractivity (Wildman–Crippen MR) is 87.9 cm³/mol. The number of carbonyl (C=O) groups excluding carboxylic acids is 1. The van der Waals surface area contributed by atoms with Gasteiger partial charge in [-0.15, -0.1) is 0 Å². The molecule has 21 heavy (non-hydrogen) atoms. The van der Waals surface area contributed by atoms with Crippen LogP contribution in [0.25, 0.3) is 0 Å². The smallest absolute Gasteiger partial charge is 0.251 e. The van der Waals surface area contributed by atoms with Crippen molar-refractivity contribution in [2.75, 3.05) is 13.7 Å². The highest BCUT2D eigenvalue weighted by atomic mass is 79.9. The predicted octanol–water partition coefficient (Wildman–Crippen LogP) is 3.99. The van der Waals surface area contributed by atoms with E-state index in [2.05, 4.69) is 40.3 Å². The summed E-state index contributed by atoms with van der Waals surface area (Å²) in [5, 5.41) is 2.96. The standard InChI is InChI=1S/C17H18BrNO2/c1-12(13-6-4-3-5-7-13)11-19-17(20)14-8-9-16(21-2)15(18)10-14/h3-10,12H,11H2,1-2H3,(H,19,20)/t12-/m0/s1. The average molecular weight is 348 g/mol. The van der Waals surface area contributed by atoms with Gasteiger partial charge in [-0.2, -0.15) is 0 Å². The summed E-state index contributed by atoms with van der Waals surface area (Å²) >= 11 is 3.39. The molecule has 1 N–H and O–H groups in total. The molecule has 4 heteroatoms. The fourth-order valence-electron chi connectivity index (χ4n) is 2.05. The summed E-state index contributed by atoms with van der Waals surface area (Å²) < 4.78 is 5.93. The van der Waals surface area contributed by atoms with Crippen LogP contribution in [0.1, 0.15) is 28.8 Å². The van der Waals surface area contributed by atoms with Crippen molar-refractivity contribution in [3.05, 3.63) is 64.1 Å². The zero-order valence-corrected chi connectivity index (χ0v) is 13.7. The first-order valence-corrected chi connectivity index (χ1v) is 7.58. The van der Waals surface area contributed by atoms with Gasteiger partial charge in [0.1, 0.15) is 5.75 Å². The molecular weight excluding hydrogens is 330 g/mol. The van der Waals surface area contributed by atoms with E-state index in [1.165, 1.54) is 5.56 Å². The van der Waals surface area contributed by atoms with E-state index in [4.69, 9.17) is 4.74 Å². The molecule has 3 nitrogen and oxygen atoms in total. The van der Waals surface area contributed by atoms with Crippen LogP contribution in [0, 0.1) is 0 Å². The number of rotatable bonds is 5. The zero-order valence-electron chi connectivity index (χ0n) is 12.1. The van der Waals surface area contributed by atoms with Crippen LogP contribution in [0.2, 0.25) is 0 Å². The van der Waals surface area contributed by atoms with E-state index in [9.17, 15) is 4.79 Å². The van der Waals surface area contributed by atoms with Gasteiger partial charge in [0.05, 0.1) is 11.6 Å². The number of hydrogen-bond acceptors (Lipinski definition) is 2. The Balaban J connectivity index is 1.97. The van der Waals surface area contributed by atoms with Crippen LogP contribution in [0.5, 0.6) is 5.75 Å². The summed E-state index contributed by atoms with van der Waals surface area (Å²) in [6.07, 6.45) is 0. The topological polar surface area (TPSA) is 38.3 Å². The summed E-state index contributed by atoms with van der Waals surface area (Å²) in [4.78, 5) is 12.2. The molecule has 0 aliphatic heterocycles. The third kappa shape index (κ3) is 4.08. The Morgan fingerprint density at radius 2 is 1.95 bits per heavy atom. The minimum absolute atomic E-state index is 0.0823. The molecule has 2 rings (SSSR count). The lowest BCUT2D eigenvalue weighted by Gasteiger charge is -2.13. The van der Waals surface area contributed by atoms with Gasteiger partial charge in [0, 0.05) is 12.1 Å². The molecule has 0 spiro atoms. The Kier molecular flexibility index (Phi) is 5.39. The molecule has 0 aromatic heterocycles. The first kappa shape index (κ1) is 15.6. The van der Waals surface area contributed by atoms with Crippen molar-refractivity contribution >= 4 is 21.8 Å². The van der Waals surface area contributed by atoms with Crippen molar-refractivity contribution in [1.82, 2.24) is 5.32 Å². The van der Waals surface area contributed by atoms with Crippen LogP contribution >= 0.6 is 15.9 Å². The van der Waals surface area contributed by atoms with E-state index in [0.717, 1.165) is 4.47 Å². The SMILES string of the molecule is COc1ccc(C(=O)NC[C@H](C)c2ccccc2)cc1Br. The highest BCUT2D eigenvalue weighted by Gasteiger charge is 2.11. The Morgan fingerprint density at radius 1 is 1.24 bits per heavy atom. The van der Waals surface area contributed by atoms with E-state index in [1.54, 1.807) is 25.3 Å². The fraction of sp³-hybridized carbons (Fsp3) is 0.235. The lowest BCUT2D eigenvalue weighted by Crippen LogP contribution is -2.27. The molecule has 110 valence electrons. The fourth-order valence-corrected chi connectivity index (χ4v) is 2.60. The van der Waals surface area contributed by atoms with Gasteiger partial charge in [-0.3, -0.25) is 4.79 Å². The molecule has 2 aromatic rings. The number of amides is 1. The Hall–Kier alpha value is -1.81. The number of nitrogens with one attached hydrogen (secondary N) is 1. The third-order valence-corrected chi connectivity index (χ3v) is 3.97. The summed E-state index contributed by atoms with van der Waals surface area (Å²) in [6, 6.07) is 15.4. The van der Waals surface area contributed by atoms with Crippen LogP contribution in [0.4, 0.5) is 0 Å². The molecule has 0 aliphatic rings. The number of carbonyl (C=O) groups is 1. The maximum Gasteiger partial charge on any atom is 0.251 e. The molecule has 0 heterocycles. The van der Waals surface area contributed by atoms with Crippen LogP contribution in [-0.4, -0.2) is 19.6 Å². The molecule has 0 saturated heterocycles. The van der Waals surface area contributed by atoms with Crippen LogP contribution < -0.4 is 10.1 Å². The highest BCUT2D eigenvalue weighted by molar-refractivity contribution is 9.10. The second kappa shape index (κ2) is 7.27. The molecule has 2 aromatic carbocycles. The lowest BCUT2D eigenvalue weighted by atomic mass is 10.0. The van der Waals surface area contributed by atoms with E-state index in [0.29, 0.717) is 17.9 Å². The van der Waals surface area contributed by atoms with Crippen molar-refractivity contribution in [1.29, 1.82) is 0 Å². The van der Waals surface area contributed by atoms with Crippen molar-refractivity contribution in [2.45, 2.75) is 12.8 Å². The quantitative estimate of drug-likeness (QED) is 0.887. The van der Waals surface area contributed by atoms with E-state index >= 15 is 0 Å². The van der Waals surface area contributed by atoms with E-state index in [1.807, 2.05) is 18.2 Å². The molecule has 0 saturated carbocycles. The van der Waals surface area contributed by atoms with Crippen molar-refractivity contribution < 1.29 is 9.53 Å². The van der Waals surface area contributed by atoms with Crippen LogP contribution in [-0.2, 0) is 0 Å². The summed E-state index contributed by atoms with van der Waals surface area (Å²) in [5.74, 6) is 0.905. The van der Waals surface area contributed by atoms with Gasteiger partial charge in [-0.25, -0.2) is 0 Å². The first-order valence-electron chi connectivity index (χ1n) is 6.78. The van der Waals surface area contributed by atoms with Gasteiger partial charge in [0.2, 0.25) is 0 Å². The zero-order chi connectivity index (χ0) is 15.2. The van der Waals surface area contributed by atoms with Gasteiger partial charge in [-0.1, -0.05) is 37.3 Å². The monoisotopic (exact) mass is 347 g/mol. The Labute approximate surface area is 133 Å². The maximum atomic E-state index is 12.2. The van der Waals surface area contributed by atoms with Crippen molar-refractivity contribution in [3.8, 4) is 5.75 Å². The molecule has 1 amide bonds. The number of ether oxygens (including phenoxy) is 1. The minimum Gasteiger partial charge on any atom is -0.496 e. The average Bonchev–Trinajstić information content (AvgIpc) is 2.53. The Bertz CT molecular complexity index is 613. The van der Waals surface area contributed by atoms with Gasteiger partial charge in [0.15, 0.2) is 0 Å². The molecule has 0 fully saturated rings. The molecule has 0 radical (unpaired) electrons. The highest BCUT2D eigenvalue weighted by Crippen LogP contribution is 2.25. The molecule has 0 bridgehead atoms. The molecule has 1 atom stereocenters. The molecule has 0 unspecified atom stereocenters. The van der Waals surface area contributed by atoms with E-state index < -0.39 is 0 Å². The van der Waals surface area contributed by atoms with Crippen molar-refractivity contribution in [2.24, 2.45) is 0 Å². The molecule has 0 aliphatic carbocycles. The molecular formula is C17H18BrNO2. The summed E-state index contributed by atoms with van der Waals surface area (Å²) in [7, 11) is 1.60. The second-order valence-electron chi connectivity index (χ2n) is 4.87. The number of hydrogen-bond donors (Lipinski definition) is 1. The second-order valence-corrected chi connectivity index (χ2v) is 5.73. The third-order valence-electron chi connectivity index (χ3n) is 3.35. The van der Waals surface area contributed by atoms with Gasteiger partial charge in [0.25, 0.3) is 5.91 Å². The van der Waals surface area contributed by atoms with E-state index in [-0.39, 0.29) is 11.8 Å². The van der Waals surface area contributed by atoms with Crippen LogP contribution in [0.3, 0.4) is 0 Å². The van der Waals surface area contributed by atoms with Crippen molar-refractivity contribution in [3.63, 3.8) is 0 Å². The number of methoxy groups -OCH3 is 1. The van der Waals surface area contributed by atoms with Gasteiger partial charge < -0.3 is 10.1 Å². The largest absolute Gasteiger partial charge is 0.496 e. The first-order chi connectivity index (χ1) is 10.1. The number of benzene rings is 2. The minimum atomic E-state index is -0.0823. The maximum absolute atomic E-state index is 12.2. The summed E-state index contributed by atoms with van der Waals surface area (Å²) in [6.45, 7) is 2.70. The normalized spacial score (nSPS) is 11.8. The van der Waals surface area contributed by atoms with Crippen LogP contribution in [0.15, 0.2) is 53.0 Å². The lowest BCUT2D eigenvalue weighted by molar-refractivity contribution is 0.0951. The summed E-state index contributed by atoms with van der Waals surface area (Å²) in [5.41, 5.74) is 1.83. The Morgan fingerprint density at radius 3 is 2.57 bits per heavy atom. The van der Waals surface area contributed by atoms with Gasteiger partial charge in [-0.05, 0) is 45.6 Å².